The van der Waals surface area contributed by atoms with Crippen molar-refractivity contribution in [3.8, 4) is 16.9 Å². The van der Waals surface area contributed by atoms with Crippen molar-refractivity contribution in [3.05, 3.63) is 29.7 Å². The fourth-order valence-electron chi connectivity index (χ4n) is 2.68. The van der Waals surface area contributed by atoms with Crippen molar-refractivity contribution in [2.75, 3.05) is 20.3 Å². The third kappa shape index (κ3) is 4.76. The second-order valence-electron chi connectivity index (χ2n) is 5.84. The molecule has 8 nitrogen and oxygen atoms in total. The Labute approximate surface area is 163 Å². The zero-order valence-corrected chi connectivity index (χ0v) is 16.6. The van der Waals surface area contributed by atoms with Gasteiger partial charge >= 0.3 is 11.9 Å². The van der Waals surface area contributed by atoms with Crippen LogP contribution >= 0.6 is 0 Å². The summed E-state index contributed by atoms with van der Waals surface area (Å²) in [7, 11) is 1.57. The van der Waals surface area contributed by atoms with Crippen molar-refractivity contribution in [2.45, 2.75) is 27.7 Å². The number of methoxy groups -OCH3 is 1. The van der Waals surface area contributed by atoms with Gasteiger partial charge in [-0.1, -0.05) is 5.16 Å². The quantitative estimate of drug-likeness (QED) is 0.388. The summed E-state index contributed by atoms with van der Waals surface area (Å²) in [5.74, 6) is -1.37. The SMILES string of the molecule is CCOC(=O)C(C=Nc1ccc(OC)c(-c2c(C)noc2C)c1)C(=O)OCC. The van der Waals surface area contributed by atoms with E-state index in [1.807, 2.05) is 13.8 Å². The largest absolute Gasteiger partial charge is 0.496 e. The van der Waals surface area contributed by atoms with Crippen LogP contribution in [0.25, 0.3) is 11.1 Å². The van der Waals surface area contributed by atoms with Crippen LogP contribution in [0.5, 0.6) is 5.75 Å². The zero-order valence-electron chi connectivity index (χ0n) is 16.6. The van der Waals surface area contributed by atoms with Crippen LogP contribution in [0.1, 0.15) is 25.3 Å². The highest BCUT2D eigenvalue weighted by atomic mass is 16.6. The number of carbonyl (C=O) groups is 2. The van der Waals surface area contributed by atoms with Crippen LogP contribution in [-0.4, -0.2) is 43.6 Å². The molecular formula is C20H24N2O6. The molecule has 0 aliphatic carbocycles. The maximum atomic E-state index is 12.1. The van der Waals surface area contributed by atoms with Crippen LogP contribution in [0.2, 0.25) is 0 Å². The number of aromatic nitrogens is 1. The van der Waals surface area contributed by atoms with Gasteiger partial charge in [-0.2, -0.15) is 0 Å². The number of carbonyl (C=O) groups excluding carboxylic acids is 2. The number of esters is 2. The molecule has 2 aromatic rings. The first-order chi connectivity index (χ1) is 13.4. The van der Waals surface area contributed by atoms with Crippen molar-refractivity contribution in [3.63, 3.8) is 0 Å². The molecule has 0 bridgehead atoms. The van der Waals surface area contributed by atoms with Gasteiger partial charge in [-0.15, -0.1) is 0 Å². The fraction of sp³-hybridized carbons (Fsp3) is 0.400. The number of aryl methyl sites for hydroxylation is 2. The molecule has 0 saturated heterocycles. The van der Waals surface area contributed by atoms with Gasteiger partial charge in [0.15, 0.2) is 5.92 Å². The average molecular weight is 388 g/mol. The van der Waals surface area contributed by atoms with Crippen molar-refractivity contribution in [1.82, 2.24) is 5.16 Å². The number of hydrogen-bond donors (Lipinski definition) is 0. The van der Waals surface area contributed by atoms with Gasteiger partial charge in [-0.05, 0) is 45.9 Å². The van der Waals surface area contributed by atoms with Crippen molar-refractivity contribution in [1.29, 1.82) is 0 Å². The minimum atomic E-state index is -1.23. The highest BCUT2D eigenvalue weighted by Crippen LogP contribution is 2.37. The lowest BCUT2D eigenvalue weighted by Crippen LogP contribution is -2.29. The number of aliphatic imine (C=N–C) groups is 1. The van der Waals surface area contributed by atoms with E-state index in [2.05, 4.69) is 10.1 Å². The lowest BCUT2D eigenvalue weighted by molar-refractivity contribution is -0.157. The number of ether oxygens (including phenoxy) is 3. The number of hydrogen-bond acceptors (Lipinski definition) is 8. The Balaban J connectivity index is 2.40. The van der Waals surface area contributed by atoms with E-state index in [1.54, 1.807) is 39.2 Å². The predicted molar refractivity (Wildman–Crippen MR) is 103 cm³/mol. The monoisotopic (exact) mass is 388 g/mol. The molecule has 150 valence electrons. The Morgan fingerprint density at radius 2 is 1.82 bits per heavy atom. The molecule has 0 aliphatic rings. The molecule has 0 fully saturated rings. The number of rotatable bonds is 8. The molecule has 2 rings (SSSR count). The first-order valence-electron chi connectivity index (χ1n) is 8.91. The summed E-state index contributed by atoms with van der Waals surface area (Å²) in [4.78, 5) is 28.4. The Hall–Kier alpha value is -3.16. The van der Waals surface area contributed by atoms with E-state index in [1.165, 1.54) is 6.21 Å². The first kappa shape index (κ1) is 21.1. The number of nitrogens with zero attached hydrogens (tertiary/aromatic N) is 2. The molecule has 0 saturated carbocycles. The minimum absolute atomic E-state index is 0.154. The second kappa shape index (κ2) is 9.68. The van der Waals surface area contributed by atoms with Gasteiger partial charge in [0.2, 0.25) is 0 Å². The maximum Gasteiger partial charge on any atom is 0.325 e. The third-order valence-electron chi connectivity index (χ3n) is 3.94. The molecule has 8 heteroatoms. The van der Waals surface area contributed by atoms with Gasteiger partial charge in [0.05, 0.1) is 37.3 Å². The van der Waals surface area contributed by atoms with E-state index in [9.17, 15) is 9.59 Å². The van der Waals surface area contributed by atoms with Crippen LogP contribution in [0.4, 0.5) is 5.69 Å². The van der Waals surface area contributed by atoms with E-state index in [0.717, 1.165) is 11.1 Å². The average Bonchev–Trinajstić information content (AvgIpc) is 3.00. The van der Waals surface area contributed by atoms with E-state index in [4.69, 9.17) is 18.7 Å². The first-order valence-corrected chi connectivity index (χ1v) is 8.91. The van der Waals surface area contributed by atoms with Crippen LogP contribution in [0, 0.1) is 19.8 Å². The molecular weight excluding hydrogens is 364 g/mol. The highest BCUT2D eigenvalue weighted by Gasteiger charge is 2.27. The minimum Gasteiger partial charge on any atom is -0.496 e. The van der Waals surface area contributed by atoms with E-state index < -0.39 is 17.9 Å². The molecule has 0 atom stereocenters. The summed E-state index contributed by atoms with van der Waals surface area (Å²) in [5, 5.41) is 3.97. The van der Waals surface area contributed by atoms with E-state index in [0.29, 0.717) is 22.9 Å². The molecule has 0 spiro atoms. The molecule has 0 radical (unpaired) electrons. The molecule has 0 aliphatic heterocycles. The van der Waals surface area contributed by atoms with Gasteiger partial charge in [0.25, 0.3) is 0 Å². The Kier molecular flexibility index (Phi) is 7.31. The lowest BCUT2D eigenvalue weighted by Gasteiger charge is -2.11. The van der Waals surface area contributed by atoms with Crippen molar-refractivity contribution >= 4 is 23.8 Å². The molecule has 0 unspecified atom stereocenters. The fourth-order valence-corrected chi connectivity index (χ4v) is 2.68. The summed E-state index contributed by atoms with van der Waals surface area (Å²) < 4.78 is 20.5. The molecule has 0 N–H and O–H groups in total. The van der Waals surface area contributed by atoms with Gasteiger partial charge in [0, 0.05) is 11.8 Å². The lowest BCUT2D eigenvalue weighted by atomic mass is 10.0. The number of benzene rings is 1. The predicted octanol–water partition coefficient (Wildman–Crippen LogP) is 3.41. The smallest absolute Gasteiger partial charge is 0.325 e. The molecule has 0 amide bonds. The van der Waals surface area contributed by atoms with Gasteiger partial charge in [-0.25, -0.2) is 0 Å². The van der Waals surface area contributed by atoms with Gasteiger partial charge in [0.1, 0.15) is 11.5 Å². The van der Waals surface area contributed by atoms with Gasteiger partial charge < -0.3 is 18.7 Å². The van der Waals surface area contributed by atoms with Gasteiger partial charge in [-0.3, -0.25) is 14.6 Å². The summed E-state index contributed by atoms with van der Waals surface area (Å²) in [6, 6.07) is 5.23. The molecule has 1 aromatic carbocycles. The topological polar surface area (TPSA) is 100 Å². The van der Waals surface area contributed by atoms with Crippen molar-refractivity contribution in [2.24, 2.45) is 10.9 Å². The zero-order chi connectivity index (χ0) is 20.7. The van der Waals surface area contributed by atoms with Crippen LogP contribution in [0.15, 0.2) is 27.7 Å². The summed E-state index contributed by atoms with van der Waals surface area (Å²) >= 11 is 0. The third-order valence-corrected chi connectivity index (χ3v) is 3.94. The van der Waals surface area contributed by atoms with Crippen LogP contribution < -0.4 is 4.74 Å². The summed E-state index contributed by atoms with van der Waals surface area (Å²) in [5.41, 5.74) is 2.79. The normalized spacial score (nSPS) is 11.1. The van der Waals surface area contributed by atoms with Crippen LogP contribution in [0.3, 0.4) is 0 Å². The summed E-state index contributed by atoms with van der Waals surface area (Å²) in [6.45, 7) is 7.27. The molecule has 1 heterocycles. The molecule has 28 heavy (non-hydrogen) atoms. The standard InChI is InChI=1S/C20H24N2O6/c1-6-26-19(23)16(20(24)27-7-2)11-21-14-8-9-17(25-5)15(10-14)18-12(3)22-28-13(18)4/h8-11,16H,6-7H2,1-5H3. The maximum absolute atomic E-state index is 12.1. The Morgan fingerprint density at radius 1 is 1.18 bits per heavy atom. The van der Waals surface area contributed by atoms with Crippen LogP contribution in [-0.2, 0) is 19.1 Å². The van der Waals surface area contributed by atoms with E-state index >= 15 is 0 Å². The summed E-state index contributed by atoms with van der Waals surface area (Å²) in [6.07, 6.45) is 1.23. The second-order valence-corrected chi connectivity index (χ2v) is 5.84. The molecule has 1 aromatic heterocycles. The Bertz CT molecular complexity index is 834. The Morgan fingerprint density at radius 3 is 2.32 bits per heavy atom. The van der Waals surface area contributed by atoms with Crippen molar-refractivity contribution < 1.29 is 28.3 Å². The van der Waals surface area contributed by atoms with E-state index in [-0.39, 0.29) is 13.2 Å². The highest BCUT2D eigenvalue weighted by molar-refractivity contribution is 6.09.